The number of piperazine rings is 1. The van der Waals surface area contributed by atoms with Gasteiger partial charge in [-0.1, -0.05) is 60.7 Å². The van der Waals surface area contributed by atoms with Gasteiger partial charge >= 0.3 is 6.03 Å². The first-order valence-electron chi connectivity index (χ1n) is 15.5. The van der Waals surface area contributed by atoms with Gasteiger partial charge in [-0.25, -0.2) is 14.8 Å². The molecule has 2 N–H and O–H groups in total. The average molecular weight is 619 g/mol. The van der Waals surface area contributed by atoms with Crippen molar-refractivity contribution in [2.75, 3.05) is 13.1 Å². The molecule has 236 valence electrons. The van der Waals surface area contributed by atoms with E-state index in [9.17, 15) is 19.5 Å². The van der Waals surface area contributed by atoms with Crippen LogP contribution in [0.1, 0.15) is 36.6 Å². The molecule has 2 aliphatic rings. The van der Waals surface area contributed by atoms with E-state index in [0.717, 1.165) is 27.6 Å². The zero-order valence-electron chi connectivity index (χ0n) is 26.0. The zero-order valence-corrected chi connectivity index (χ0v) is 26.0. The number of hydrazine groups is 1. The minimum atomic E-state index is -0.868. The van der Waals surface area contributed by atoms with Crippen molar-refractivity contribution in [3.63, 3.8) is 0 Å². The quantitative estimate of drug-likeness (QED) is 0.279. The summed E-state index contributed by atoms with van der Waals surface area (Å²) in [6.45, 7) is 8.15. The first-order valence-corrected chi connectivity index (χ1v) is 15.5. The number of carbonyl (C=O) groups is 3. The number of rotatable bonds is 8. The lowest BCUT2D eigenvalue weighted by molar-refractivity contribution is -0.198. The van der Waals surface area contributed by atoms with Gasteiger partial charge in [0.15, 0.2) is 0 Å². The van der Waals surface area contributed by atoms with Crippen molar-refractivity contribution in [2.24, 2.45) is 0 Å². The second-order valence-corrected chi connectivity index (χ2v) is 11.9. The molecule has 0 radical (unpaired) electrons. The summed E-state index contributed by atoms with van der Waals surface area (Å²) >= 11 is 0. The van der Waals surface area contributed by atoms with Gasteiger partial charge in [0, 0.05) is 31.1 Å². The van der Waals surface area contributed by atoms with Gasteiger partial charge in [-0.3, -0.25) is 14.6 Å². The minimum Gasteiger partial charge on any atom is -0.508 e. The number of nitrogens with one attached hydrogen (secondary N) is 1. The van der Waals surface area contributed by atoms with Crippen LogP contribution in [0.5, 0.6) is 5.75 Å². The number of phenolic OH excluding ortho intramolecular Hbond substituents is 1. The average Bonchev–Trinajstić information content (AvgIpc) is 3.06. The summed E-state index contributed by atoms with van der Waals surface area (Å²) in [4.78, 5) is 50.4. The maximum absolute atomic E-state index is 14.4. The predicted molar refractivity (Wildman–Crippen MR) is 175 cm³/mol. The first-order chi connectivity index (χ1) is 22.2. The highest BCUT2D eigenvalue weighted by molar-refractivity contribution is 5.92. The monoisotopic (exact) mass is 618 g/mol. The van der Waals surface area contributed by atoms with Gasteiger partial charge in [0.05, 0.1) is 24.1 Å². The van der Waals surface area contributed by atoms with E-state index in [0.29, 0.717) is 0 Å². The number of amides is 4. The van der Waals surface area contributed by atoms with Gasteiger partial charge in [0.25, 0.3) is 0 Å². The van der Waals surface area contributed by atoms with Crippen molar-refractivity contribution in [2.45, 2.75) is 51.1 Å². The number of hydrogen-bond acceptors (Lipinski definition) is 6. The maximum atomic E-state index is 14.4. The highest BCUT2D eigenvalue weighted by Crippen LogP contribution is 2.34. The normalized spacial score (nSPS) is 20.8. The van der Waals surface area contributed by atoms with Crippen molar-refractivity contribution < 1.29 is 19.5 Å². The Bertz CT molecular complexity index is 1750. The number of fused-ring (bicyclic) bond motifs is 2. The third-order valence-electron chi connectivity index (χ3n) is 8.85. The molecular formula is C36H38N6O4. The van der Waals surface area contributed by atoms with Gasteiger partial charge < -0.3 is 20.2 Å². The fraction of sp³-hybridized carbons (Fsp3) is 0.278. The first kappa shape index (κ1) is 30.8. The van der Waals surface area contributed by atoms with Gasteiger partial charge in [-0.15, -0.1) is 6.58 Å². The summed E-state index contributed by atoms with van der Waals surface area (Å²) in [6, 6.07) is 24.0. The van der Waals surface area contributed by atoms with E-state index in [1.54, 1.807) is 56.4 Å². The topological polar surface area (TPSA) is 109 Å². The standard InChI is InChI=1S/C36H38N6O4/c1-4-19-39-23-33(44)41-32(21-26-12-15-30(43)16-13-26)35(45)40(22-27-14-17-31-29(20-27)11-8-18-37-31)25(3)34(41)42(39)36(46)38-24(2)28-9-6-5-7-10-28/h4-18,20,24-25,32,34,43H,1,19,21-23H2,2-3H3,(H,38,46)/t24-,25-,32-,34?/m0/s1. The highest BCUT2D eigenvalue weighted by Gasteiger charge is 2.54. The summed E-state index contributed by atoms with van der Waals surface area (Å²) < 4.78 is 0. The largest absolute Gasteiger partial charge is 0.508 e. The smallest absolute Gasteiger partial charge is 0.334 e. The molecule has 46 heavy (non-hydrogen) atoms. The van der Waals surface area contributed by atoms with Crippen molar-refractivity contribution in [1.82, 2.24) is 30.1 Å². The molecule has 2 fully saturated rings. The predicted octanol–water partition coefficient (Wildman–Crippen LogP) is 4.63. The summed E-state index contributed by atoms with van der Waals surface area (Å²) in [6.07, 6.45) is 2.85. The Morgan fingerprint density at radius 2 is 1.78 bits per heavy atom. The second kappa shape index (κ2) is 13.0. The molecule has 10 nitrogen and oxygen atoms in total. The molecule has 0 aliphatic carbocycles. The molecule has 4 amide bonds. The van der Waals surface area contributed by atoms with Crippen LogP contribution < -0.4 is 5.32 Å². The summed E-state index contributed by atoms with van der Waals surface area (Å²) in [7, 11) is 0. The van der Waals surface area contributed by atoms with E-state index in [-0.39, 0.29) is 55.7 Å². The lowest BCUT2D eigenvalue weighted by atomic mass is 9.94. The number of carbonyl (C=O) groups excluding carboxylic acids is 3. The molecule has 6 rings (SSSR count). The summed E-state index contributed by atoms with van der Waals surface area (Å²) in [5.74, 6) is -0.332. The zero-order chi connectivity index (χ0) is 32.4. The third kappa shape index (κ3) is 6.03. The van der Waals surface area contributed by atoms with E-state index in [1.807, 2.05) is 74.5 Å². The Labute approximate surface area is 268 Å². The van der Waals surface area contributed by atoms with Crippen molar-refractivity contribution >= 4 is 28.7 Å². The molecular weight excluding hydrogens is 580 g/mol. The van der Waals surface area contributed by atoms with Crippen LogP contribution in [0, 0.1) is 0 Å². The molecule has 4 aromatic rings. The molecule has 0 spiro atoms. The summed E-state index contributed by atoms with van der Waals surface area (Å²) in [5.41, 5.74) is 3.50. The Balaban J connectivity index is 1.40. The molecule has 0 bridgehead atoms. The third-order valence-corrected chi connectivity index (χ3v) is 8.85. The number of urea groups is 1. The van der Waals surface area contributed by atoms with E-state index in [1.165, 1.54) is 0 Å². The SMILES string of the molecule is C=CCN1CC(=O)N2C([C@H](C)N(Cc3ccc4ncccc4c3)C(=O)[C@@H]2Cc2ccc(O)cc2)N1C(=O)N[C@@H](C)c1ccccc1. The van der Waals surface area contributed by atoms with E-state index >= 15 is 0 Å². The molecule has 1 unspecified atom stereocenters. The fourth-order valence-corrected chi connectivity index (χ4v) is 6.52. The van der Waals surface area contributed by atoms with Gasteiger partial charge in [0.1, 0.15) is 18.0 Å². The number of benzene rings is 3. The van der Waals surface area contributed by atoms with Crippen LogP contribution in [-0.4, -0.2) is 79.1 Å². The molecule has 2 aliphatic heterocycles. The molecule has 2 saturated heterocycles. The number of pyridine rings is 1. The van der Waals surface area contributed by atoms with Crippen molar-refractivity contribution in [3.8, 4) is 5.75 Å². The number of aromatic hydroxyl groups is 1. The molecule has 3 aromatic carbocycles. The minimum absolute atomic E-state index is 0.0839. The Kier molecular flexibility index (Phi) is 8.72. The van der Waals surface area contributed by atoms with Gasteiger partial charge in [-0.2, -0.15) is 0 Å². The second-order valence-electron chi connectivity index (χ2n) is 11.9. The van der Waals surface area contributed by atoms with E-state index < -0.39 is 18.2 Å². The highest BCUT2D eigenvalue weighted by atomic mass is 16.3. The van der Waals surface area contributed by atoms with Gasteiger partial charge in [-0.05, 0) is 60.9 Å². The Hall–Kier alpha value is -5.22. The fourth-order valence-electron chi connectivity index (χ4n) is 6.52. The Morgan fingerprint density at radius 3 is 2.52 bits per heavy atom. The number of phenols is 1. The number of hydrogen-bond donors (Lipinski definition) is 2. The van der Waals surface area contributed by atoms with Crippen LogP contribution >= 0.6 is 0 Å². The lowest BCUT2D eigenvalue weighted by Crippen LogP contribution is -2.79. The van der Waals surface area contributed by atoms with Crippen LogP contribution in [-0.2, 0) is 22.6 Å². The summed E-state index contributed by atoms with van der Waals surface area (Å²) in [5, 5.41) is 17.3. The van der Waals surface area contributed by atoms with E-state index in [4.69, 9.17) is 0 Å². The molecule has 10 heteroatoms. The number of aromatic nitrogens is 1. The molecule has 0 saturated carbocycles. The van der Waals surface area contributed by atoms with Gasteiger partial charge in [0.2, 0.25) is 11.8 Å². The van der Waals surface area contributed by atoms with Crippen LogP contribution in [0.2, 0.25) is 0 Å². The molecule has 1 aromatic heterocycles. The van der Waals surface area contributed by atoms with Crippen molar-refractivity contribution in [1.29, 1.82) is 0 Å². The lowest BCUT2D eigenvalue weighted by Gasteiger charge is -2.58. The van der Waals surface area contributed by atoms with Crippen LogP contribution in [0.15, 0.2) is 104 Å². The number of nitrogens with zero attached hydrogens (tertiary/aromatic N) is 5. The van der Waals surface area contributed by atoms with Crippen LogP contribution in [0.25, 0.3) is 10.9 Å². The maximum Gasteiger partial charge on any atom is 0.334 e. The van der Waals surface area contributed by atoms with Crippen LogP contribution in [0.3, 0.4) is 0 Å². The Morgan fingerprint density at radius 1 is 1.04 bits per heavy atom. The molecule has 3 heterocycles. The van der Waals surface area contributed by atoms with Crippen LogP contribution in [0.4, 0.5) is 4.79 Å². The van der Waals surface area contributed by atoms with E-state index in [2.05, 4.69) is 16.9 Å². The van der Waals surface area contributed by atoms with Crippen molar-refractivity contribution in [3.05, 3.63) is 120 Å². The molecule has 4 atom stereocenters.